The molecule has 0 saturated carbocycles. The molecule has 0 amide bonds. The monoisotopic (exact) mass is 355 g/mol. The number of carbonyl (C=O) groups is 1. The zero-order valence-corrected chi connectivity index (χ0v) is 15.7. The molecule has 2 rings (SSSR count). The molecular weight excluding hydrogens is 330 g/mol. The first-order chi connectivity index (χ1) is 12.5. The van der Waals surface area contributed by atoms with Gasteiger partial charge >= 0.3 is 0 Å². The highest BCUT2D eigenvalue weighted by Gasteiger charge is 2.11. The smallest absolute Gasteiger partial charge is 0.189 e. The summed E-state index contributed by atoms with van der Waals surface area (Å²) in [5, 5.41) is 0. The van der Waals surface area contributed by atoms with Crippen molar-refractivity contribution in [3.8, 4) is 17.2 Å². The molecule has 0 saturated heterocycles. The first kappa shape index (κ1) is 19.5. The van der Waals surface area contributed by atoms with Gasteiger partial charge in [-0.2, -0.15) is 0 Å². The van der Waals surface area contributed by atoms with Crippen LogP contribution in [0.3, 0.4) is 0 Å². The first-order valence-corrected chi connectivity index (χ1v) is 8.35. The minimum atomic E-state index is -0.153. The topological polar surface area (TPSA) is 48.0 Å². The molecule has 0 radical (unpaired) electrons. The molecule has 2 aromatic carbocycles. The van der Waals surface area contributed by atoms with E-state index in [-0.39, 0.29) is 5.78 Å². The van der Waals surface area contributed by atoms with E-state index in [0.29, 0.717) is 23.7 Å². The number of ether oxygens (including phenoxy) is 3. The number of ketones is 1. The lowest BCUT2D eigenvalue weighted by atomic mass is 10.1. The number of allylic oxidation sites excluding steroid dienone is 1. The standard InChI is InChI=1S/C21H25NO4/c1-22(2)12-13-26-18-7-5-6-16(14-18)8-10-20(23)19-15-17(24-3)9-11-21(19)25-4/h5-11,14-15H,12-13H2,1-4H3. The number of hydrogen-bond donors (Lipinski definition) is 0. The quantitative estimate of drug-likeness (QED) is 0.509. The zero-order chi connectivity index (χ0) is 18.9. The number of benzene rings is 2. The first-order valence-electron chi connectivity index (χ1n) is 8.35. The maximum absolute atomic E-state index is 12.5. The summed E-state index contributed by atoms with van der Waals surface area (Å²) < 4.78 is 16.2. The van der Waals surface area contributed by atoms with Gasteiger partial charge in [-0.05, 0) is 56.1 Å². The second-order valence-electron chi connectivity index (χ2n) is 5.99. The second kappa shape index (κ2) is 9.63. The Morgan fingerprint density at radius 2 is 1.85 bits per heavy atom. The molecule has 0 aromatic heterocycles. The average molecular weight is 355 g/mol. The minimum absolute atomic E-state index is 0.153. The minimum Gasteiger partial charge on any atom is -0.497 e. The Morgan fingerprint density at radius 1 is 1.04 bits per heavy atom. The van der Waals surface area contributed by atoms with Crippen LogP contribution >= 0.6 is 0 Å². The highest BCUT2D eigenvalue weighted by Crippen LogP contribution is 2.25. The van der Waals surface area contributed by atoms with Gasteiger partial charge in [0, 0.05) is 6.54 Å². The molecule has 0 aliphatic carbocycles. The third-order valence-electron chi connectivity index (χ3n) is 3.76. The summed E-state index contributed by atoms with van der Waals surface area (Å²) in [7, 11) is 7.10. The summed E-state index contributed by atoms with van der Waals surface area (Å²) in [5.41, 5.74) is 1.35. The molecule has 0 heterocycles. The Bertz CT molecular complexity index is 768. The average Bonchev–Trinajstić information content (AvgIpc) is 2.65. The van der Waals surface area contributed by atoms with E-state index in [9.17, 15) is 4.79 Å². The van der Waals surface area contributed by atoms with Gasteiger partial charge in [0.2, 0.25) is 0 Å². The number of rotatable bonds is 9. The van der Waals surface area contributed by atoms with Gasteiger partial charge < -0.3 is 19.1 Å². The third kappa shape index (κ3) is 5.63. The van der Waals surface area contributed by atoms with E-state index >= 15 is 0 Å². The van der Waals surface area contributed by atoms with Crippen molar-refractivity contribution in [1.29, 1.82) is 0 Å². The molecule has 0 aliphatic heterocycles. The van der Waals surface area contributed by atoms with Crippen molar-refractivity contribution in [2.24, 2.45) is 0 Å². The van der Waals surface area contributed by atoms with Gasteiger partial charge in [0.15, 0.2) is 5.78 Å². The highest BCUT2D eigenvalue weighted by molar-refractivity contribution is 6.08. The van der Waals surface area contributed by atoms with E-state index in [4.69, 9.17) is 14.2 Å². The van der Waals surface area contributed by atoms with Crippen molar-refractivity contribution < 1.29 is 19.0 Å². The summed E-state index contributed by atoms with van der Waals surface area (Å²) in [6.45, 7) is 1.45. The molecule has 138 valence electrons. The van der Waals surface area contributed by atoms with Crippen molar-refractivity contribution in [2.45, 2.75) is 0 Å². The summed E-state index contributed by atoms with van der Waals surface area (Å²) in [6.07, 6.45) is 3.29. The van der Waals surface area contributed by atoms with Crippen molar-refractivity contribution in [2.75, 3.05) is 41.5 Å². The Labute approximate surface area is 154 Å². The number of likely N-dealkylation sites (N-methyl/N-ethyl adjacent to an activating group) is 1. The predicted octanol–water partition coefficient (Wildman–Crippen LogP) is 3.54. The number of hydrogen-bond acceptors (Lipinski definition) is 5. The lowest BCUT2D eigenvalue weighted by Crippen LogP contribution is -2.19. The molecule has 0 spiro atoms. The van der Waals surface area contributed by atoms with Crippen LogP contribution in [-0.2, 0) is 0 Å². The van der Waals surface area contributed by atoms with Gasteiger partial charge in [-0.1, -0.05) is 18.2 Å². The molecule has 5 nitrogen and oxygen atoms in total. The van der Waals surface area contributed by atoms with Gasteiger partial charge in [0.05, 0.1) is 19.8 Å². The van der Waals surface area contributed by atoms with Crippen molar-refractivity contribution >= 4 is 11.9 Å². The van der Waals surface area contributed by atoms with Crippen LogP contribution in [0.1, 0.15) is 15.9 Å². The Morgan fingerprint density at radius 3 is 2.54 bits per heavy atom. The van der Waals surface area contributed by atoms with E-state index < -0.39 is 0 Å². The SMILES string of the molecule is COc1ccc(OC)c(C(=O)C=Cc2cccc(OCCN(C)C)c2)c1. The zero-order valence-electron chi connectivity index (χ0n) is 15.7. The predicted molar refractivity (Wildman–Crippen MR) is 103 cm³/mol. The van der Waals surface area contributed by atoms with E-state index in [1.165, 1.54) is 13.2 Å². The van der Waals surface area contributed by atoms with Crippen LogP contribution < -0.4 is 14.2 Å². The lowest BCUT2D eigenvalue weighted by molar-refractivity contribution is 0.104. The molecule has 5 heteroatoms. The van der Waals surface area contributed by atoms with Gasteiger partial charge in [-0.15, -0.1) is 0 Å². The molecule has 0 N–H and O–H groups in total. The van der Waals surface area contributed by atoms with Gasteiger partial charge in [0.1, 0.15) is 23.9 Å². The molecule has 0 fully saturated rings. The van der Waals surface area contributed by atoms with Crippen LogP contribution in [-0.4, -0.2) is 52.1 Å². The summed E-state index contributed by atoms with van der Waals surface area (Å²) in [6, 6.07) is 12.8. The maximum Gasteiger partial charge on any atom is 0.189 e. The third-order valence-corrected chi connectivity index (χ3v) is 3.76. The molecule has 0 aliphatic rings. The second-order valence-corrected chi connectivity index (χ2v) is 5.99. The fourth-order valence-electron chi connectivity index (χ4n) is 2.32. The van der Waals surface area contributed by atoms with Crippen LogP contribution in [0.25, 0.3) is 6.08 Å². The number of carbonyl (C=O) groups excluding carboxylic acids is 1. The maximum atomic E-state index is 12.5. The largest absolute Gasteiger partial charge is 0.497 e. The lowest BCUT2D eigenvalue weighted by Gasteiger charge is -2.11. The Hall–Kier alpha value is -2.79. The van der Waals surface area contributed by atoms with E-state index in [2.05, 4.69) is 4.90 Å². The van der Waals surface area contributed by atoms with E-state index in [1.54, 1.807) is 31.4 Å². The fourth-order valence-corrected chi connectivity index (χ4v) is 2.32. The molecule has 0 bridgehead atoms. The Balaban J connectivity index is 2.10. The molecule has 26 heavy (non-hydrogen) atoms. The summed E-state index contributed by atoms with van der Waals surface area (Å²) in [4.78, 5) is 14.6. The van der Waals surface area contributed by atoms with Gasteiger partial charge in [-0.25, -0.2) is 0 Å². The van der Waals surface area contributed by atoms with Crippen molar-refractivity contribution in [3.05, 3.63) is 59.7 Å². The molecule has 0 unspecified atom stereocenters. The van der Waals surface area contributed by atoms with Crippen LogP contribution in [0.15, 0.2) is 48.5 Å². The van der Waals surface area contributed by atoms with Crippen LogP contribution in [0, 0.1) is 0 Å². The van der Waals surface area contributed by atoms with Crippen molar-refractivity contribution in [3.63, 3.8) is 0 Å². The summed E-state index contributed by atoms with van der Waals surface area (Å²) >= 11 is 0. The van der Waals surface area contributed by atoms with Crippen LogP contribution in [0.4, 0.5) is 0 Å². The van der Waals surface area contributed by atoms with Crippen molar-refractivity contribution in [1.82, 2.24) is 4.90 Å². The molecular formula is C21H25NO4. The number of nitrogens with zero attached hydrogens (tertiary/aromatic N) is 1. The normalized spacial score (nSPS) is 11.0. The van der Waals surface area contributed by atoms with Gasteiger partial charge in [-0.3, -0.25) is 4.79 Å². The number of methoxy groups -OCH3 is 2. The van der Waals surface area contributed by atoms with E-state index in [0.717, 1.165) is 17.9 Å². The fraction of sp³-hybridized carbons (Fsp3) is 0.286. The van der Waals surface area contributed by atoms with Gasteiger partial charge in [0.25, 0.3) is 0 Å². The highest BCUT2D eigenvalue weighted by atomic mass is 16.5. The van der Waals surface area contributed by atoms with Crippen LogP contribution in [0.5, 0.6) is 17.2 Å². The van der Waals surface area contributed by atoms with Crippen LogP contribution in [0.2, 0.25) is 0 Å². The molecule has 2 aromatic rings. The van der Waals surface area contributed by atoms with E-state index in [1.807, 2.05) is 38.4 Å². The Kier molecular flexibility index (Phi) is 7.24. The summed E-state index contributed by atoms with van der Waals surface area (Å²) in [5.74, 6) is 1.75. The molecule has 0 atom stereocenters.